The SMILES string of the molecule is C1CC([C@@H]2CCO2)CCN1. The molecule has 1 atom stereocenters. The topological polar surface area (TPSA) is 21.3 Å². The second kappa shape index (κ2) is 2.89. The fourth-order valence-corrected chi connectivity index (χ4v) is 1.84. The van der Waals surface area contributed by atoms with E-state index in [-0.39, 0.29) is 0 Å². The van der Waals surface area contributed by atoms with Crippen LogP contribution in [0.1, 0.15) is 19.3 Å². The second-order valence-corrected chi connectivity index (χ2v) is 3.29. The summed E-state index contributed by atoms with van der Waals surface area (Å²) < 4.78 is 5.44. The zero-order valence-electron chi connectivity index (χ0n) is 6.31. The average Bonchev–Trinajstić information content (AvgIpc) is 1.86. The highest BCUT2D eigenvalue weighted by molar-refractivity contribution is 4.80. The monoisotopic (exact) mass is 141 g/mol. The van der Waals surface area contributed by atoms with Gasteiger partial charge in [0.2, 0.25) is 0 Å². The third-order valence-corrected chi connectivity index (χ3v) is 2.64. The molecule has 2 aliphatic heterocycles. The molecule has 0 aromatic rings. The Morgan fingerprint density at radius 2 is 1.80 bits per heavy atom. The number of ether oxygens (including phenoxy) is 1. The van der Waals surface area contributed by atoms with Gasteiger partial charge in [0.05, 0.1) is 6.10 Å². The molecule has 2 nitrogen and oxygen atoms in total. The molecule has 0 bridgehead atoms. The molecule has 0 saturated carbocycles. The van der Waals surface area contributed by atoms with Crippen LogP contribution in [0, 0.1) is 5.92 Å². The van der Waals surface area contributed by atoms with Crippen LogP contribution in [0.5, 0.6) is 0 Å². The van der Waals surface area contributed by atoms with Crippen LogP contribution in [0.3, 0.4) is 0 Å². The molecule has 10 heavy (non-hydrogen) atoms. The van der Waals surface area contributed by atoms with Gasteiger partial charge in [0.25, 0.3) is 0 Å². The van der Waals surface area contributed by atoms with E-state index in [9.17, 15) is 0 Å². The Morgan fingerprint density at radius 1 is 1.10 bits per heavy atom. The Morgan fingerprint density at radius 3 is 2.30 bits per heavy atom. The number of nitrogens with one attached hydrogen (secondary N) is 1. The van der Waals surface area contributed by atoms with Gasteiger partial charge in [-0.05, 0) is 38.3 Å². The van der Waals surface area contributed by atoms with Crippen molar-refractivity contribution in [3.8, 4) is 0 Å². The number of hydrogen-bond acceptors (Lipinski definition) is 2. The van der Waals surface area contributed by atoms with E-state index < -0.39 is 0 Å². The molecule has 0 spiro atoms. The smallest absolute Gasteiger partial charge is 0.0626 e. The van der Waals surface area contributed by atoms with Crippen LogP contribution in [0.15, 0.2) is 0 Å². The summed E-state index contributed by atoms with van der Waals surface area (Å²) in [5.74, 6) is 0.870. The van der Waals surface area contributed by atoms with Crippen molar-refractivity contribution in [2.24, 2.45) is 5.92 Å². The highest BCUT2D eigenvalue weighted by Gasteiger charge is 2.28. The lowest BCUT2D eigenvalue weighted by atomic mass is 9.88. The third-order valence-electron chi connectivity index (χ3n) is 2.64. The number of piperidine rings is 1. The van der Waals surface area contributed by atoms with Crippen LogP contribution in [0.25, 0.3) is 0 Å². The predicted octanol–water partition coefficient (Wildman–Crippen LogP) is 0.775. The van der Waals surface area contributed by atoms with E-state index in [4.69, 9.17) is 4.74 Å². The Hall–Kier alpha value is -0.0800. The van der Waals surface area contributed by atoms with E-state index in [2.05, 4.69) is 5.32 Å². The molecular formula is C8H15NO. The zero-order valence-corrected chi connectivity index (χ0v) is 6.31. The number of hydrogen-bond donors (Lipinski definition) is 1. The Labute approximate surface area is 61.9 Å². The van der Waals surface area contributed by atoms with Crippen LogP contribution in [0.4, 0.5) is 0 Å². The molecule has 2 heteroatoms. The maximum absolute atomic E-state index is 5.44. The first-order valence-corrected chi connectivity index (χ1v) is 4.29. The van der Waals surface area contributed by atoms with Crippen molar-refractivity contribution in [2.45, 2.75) is 25.4 Å². The maximum atomic E-state index is 5.44. The highest BCUT2D eigenvalue weighted by atomic mass is 16.5. The standard InChI is InChI=1S/C8H15NO/c1-4-9-5-2-7(1)8-3-6-10-8/h7-9H,1-6H2/t8-/m0/s1. The molecule has 0 amide bonds. The van der Waals surface area contributed by atoms with E-state index in [0.29, 0.717) is 6.10 Å². The highest BCUT2D eigenvalue weighted by Crippen LogP contribution is 2.26. The van der Waals surface area contributed by atoms with Crippen LogP contribution < -0.4 is 5.32 Å². The molecule has 0 radical (unpaired) electrons. The molecule has 0 aromatic heterocycles. The minimum absolute atomic E-state index is 0.627. The molecule has 0 aliphatic carbocycles. The molecule has 2 fully saturated rings. The normalized spacial score (nSPS) is 35.4. The van der Waals surface area contributed by atoms with Crippen molar-refractivity contribution >= 4 is 0 Å². The van der Waals surface area contributed by atoms with Crippen molar-refractivity contribution in [1.29, 1.82) is 0 Å². The quantitative estimate of drug-likeness (QED) is 0.582. The first-order valence-electron chi connectivity index (χ1n) is 4.29. The summed E-state index contributed by atoms with van der Waals surface area (Å²) in [5.41, 5.74) is 0. The number of rotatable bonds is 1. The Bertz CT molecular complexity index is 106. The summed E-state index contributed by atoms with van der Waals surface area (Å²) in [7, 11) is 0. The first-order chi connectivity index (χ1) is 4.97. The van der Waals surface area contributed by atoms with Crippen molar-refractivity contribution < 1.29 is 4.74 Å². The van der Waals surface area contributed by atoms with Crippen LogP contribution in [0.2, 0.25) is 0 Å². The van der Waals surface area contributed by atoms with E-state index in [0.717, 1.165) is 12.5 Å². The largest absolute Gasteiger partial charge is 0.378 e. The van der Waals surface area contributed by atoms with Gasteiger partial charge in [0.1, 0.15) is 0 Å². The molecule has 0 unspecified atom stereocenters. The van der Waals surface area contributed by atoms with E-state index in [1.54, 1.807) is 0 Å². The summed E-state index contributed by atoms with van der Waals surface area (Å²) in [6.07, 6.45) is 4.59. The molecule has 2 aliphatic rings. The molecular weight excluding hydrogens is 126 g/mol. The van der Waals surface area contributed by atoms with Gasteiger partial charge in [0, 0.05) is 6.61 Å². The zero-order chi connectivity index (χ0) is 6.81. The van der Waals surface area contributed by atoms with Crippen LogP contribution in [-0.2, 0) is 4.74 Å². The lowest BCUT2D eigenvalue weighted by molar-refractivity contribution is -0.0905. The summed E-state index contributed by atoms with van der Waals surface area (Å²) in [6, 6.07) is 0. The molecule has 2 rings (SSSR count). The minimum Gasteiger partial charge on any atom is -0.378 e. The molecule has 58 valence electrons. The summed E-state index contributed by atoms with van der Waals surface area (Å²) >= 11 is 0. The third kappa shape index (κ3) is 1.18. The van der Waals surface area contributed by atoms with E-state index in [1.165, 1.54) is 32.4 Å². The van der Waals surface area contributed by atoms with Crippen molar-refractivity contribution in [3.05, 3.63) is 0 Å². The van der Waals surface area contributed by atoms with Gasteiger partial charge < -0.3 is 10.1 Å². The molecule has 2 saturated heterocycles. The maximum Gasteiger partial charge on any atom is 0.0626 e. The van der Waals surface area contributed by atoms with Crippen LogP contribution >= 0.6 is 0 Å². The second-order valence-electron chi connectivity index (χ2n) is 3.29. The fraction of sp³-hybridized carbons (Fsp3) is 1.00. The lowest BCUT2D eigenvalue weighted by Crippen LogP contribution is -2.40. The van der Waals surface area contributed by atoms with Gasteiger partial charge >= 0.3 is 0 Å². The summed E-state index contributed by atoms with van der Waals surface area (Å²) in [6.45, 7) is 3.41. The van der Waals surface area contributed by atoms with Gasteiger partial charge in [-0.15, -0.1) is 0 Å². The van der Waals surface area contributed by atoms with Crippen molar-refractivity contribution in [3.63, 3.8) is 0 Å². The lowest BCUT2D eigenvalue weighted by Gasteiger charge is -2.36. The summed E-state index contributed by atoms with van der Waals surface area (Å²) in [4.78, 5) is 0. The van der Waals surface area contributed by atoms with E-state index >= 15 is 0 Å². The first kappa shape index (κ1) is 6.62. The molecule has 0 aromatic carbocycles. The van der Waals surface area contributed by atoms with Gasteiger partial charge in [0.15, 0.2) is 0 Å². The Balaban J connectivity index is 1.78. The van der Waals surface area contributed by atoms with E-state index in [1.807, 2.05) is 0 Å². The van der Waals surface area contributed by atoms with Crippen molar-refractivity contribution in [1.82, 2.24) is 5.32 Å². The molecule has 1 N–H and O–H groups in total. The van der Waals surface area contributed by atoms with Crippen molar-refractivity contribution in [2.75, 3.05) is 19.7 Å². The van der Waals surface area contributed by atoms with Crippen LogP contribution in [-0.4, -0.2) is 25.8 Å². The predicted molar refractivity (Wildman–Crippen MR) is 40.0 cm³/mol. The average molecular weight is 141 g/mol. The summed E-state index contributed by atoms with van der Waals surface area (Å²) in [5, 5.41) is 3.36. The Kier molecular flexibility index (Phi) is 1.91. The van der Waals surface area contributed by atoms with Gasteiger partial charge in [-0.25, -0.2) is 0 Å². The van der Waals surface area contributed by atoms with Gasteiger partial charge in [-0.2, -0.15) is 0 Å². The fourth-order valence-electron chi connectivity index (χ4n) is 1.84. The minimum atomic E-state index is 0.627. The van der Waals surface area contributed by atoms with Gasteiger partial charge in [-0.3, -0.25) is 0 Å². The van der Waals surface area contributed by atoms with Gasteiger partial charge in [-0.1, -0.05) is 0 Å². The molecule has 2 heterocycles.